The molecule has 192 valence electrons. The zero-order valence-electron chi connectivity index (χ0n) is 18.3. The number of rotatable bonds is 4. The second-order valence-electron chi connectivity index (χ2n) is 7.84. The summed E-state index contributed by atoms with van der Waals surface area (Å²) in [6.07, 6.45) is -10.2. The third-order valence-corrected chi connectivity index (χ3v) is 7.34. The van der Waals surface area contributed by atoms with E-state index in [-0.39, 0.29) is 32.8 Å². The lowest BCUT2D eigenvalue weighted by Crippen LogP contribution is -2.11. The lowest BCUT2D eigenvalue weighted by Gasteiger charge is -2.20. The molecule has 37 heavy (non-hydrogen) atoms. The molecule has 0 aromatic heterocycles. The number of benzene rings is 4. The molecule has 0 spiro atoms. The molecule has 2 nitrogen and oxygen atoms in total. The number of phenolic OH excluding ortho intramolecular Hbond substituents is 2. The summed E-state index contributed by atoms with van der Waals surface area (Å²) in [4.78, 5) is 0.997. The van der Waals surface area contributed by atoms with Crippen molar-refractivity contribution in [2.45, 2.75) is 22.1 Å². The quantitative estimate of drug-likeness (QED) is 0.238. The van der Waals surface area contributed by atoms with E-state index in [1.165, 1.54) is 12.1 Å². The predicted octanol–water partition coefficient (Wildman–Crippen LogP) is 9.93. The lowest BCUT2D eigenvalue weighted by molar-refractivity contribution is -0.143. The molecule has 4 rings (SSSR count). The first-order valence-electron chi connectivity index (χ1n) is 10.3. The fraction of sp³-hybridized carbons (Fsp3) is 0.0769. The van der Waals surface area contributed by atoms with Crippen molar-refractivity contribution in [3.63, 3.8) is 0 Å². The van der Waals surface area contributed by atoms with Gasteiger partial charge < -0.3 is 10.2 Å². The second-order valence-corrected chi connectivity index (χ2v) is 9.70. The average Bonchev–Trinajstić information content (AvgIpc) is 2.81. The van der Waals surface area contributed by atoms with Gasteiger partial charge in [-0.25, -0.2) is 0 Å². The maximum atomic E-state index is 13.5. The van der Waals surface area contributed by atoms with E-state index in [0.29, 0.717) is 21.9 Å². The third-order valence-electron chi connectivity index (χ3n) is 5.28. The maximum Gasteiger partial charge on any atom is 0.416 e. The van der Waals surface area contributed by atoms with Gasteiger partial charge in [0.05, 0.1) is 21.2 Å². The molecule has 4 aromatic carbocycles. The summed E-state index contributed by atoms with van der Waals surface area (Å²) in [5.41, 5.74) is -3.84. The summed E-state index contributed by atoms with van der Waals surface area (Å²) in [5.74, 6) is -1.16. The molecule has 0 fully saturated rings. The van der Waals surface area contributed by atoms with Gasteiger partial charge in [-0.15, -0.1) is 0 Å². The van der Waals surface area contributed by atoms with E-state index in [1.54, 1.807) is 30.3 Å². The highest BCUT2D eigenvalue weighted by Crippen LogP contribution is 2.50. The van der Waals surface area contributed by atoms with Crippen LogP contribution in [0.1, 0.15) is 11.1 Å². The molecule has 4 aromatic rings. The van der Waals surface area contributed by atoms with Crippen LogP contribution in [0.4, 0.5) is 26.3 Å². The molecule has 0 saturated carbocycles. The molecule has 0 amide bonds. The van der Waals surface area contributed by atoms with Crippen molar-refractivity contribution >= 4 is 35.0 Å². The summed E-state index contributed by atoms with van der Waals surface area (Å²) in [6, 6.07) is 14.6. The Hall–Kier alpha value is -3.01. The number of alkyl halides is 6. The smallest absolute Gasteiger partial charge is 0.416 e. The molecule has 2 N–H and O–H groups in total. The van der Waals surface area contributed by atoms with Gasteiger partial charge in [-0.3, -0.25) is 0 Å². The Bertz CT molecular complexity index is 1440. The highest BCUT2D eigenvalue weighted by Gasteiger charge is 2.37. The number of halogens is 8. The molecule has 11 heteroatoms. The van der Waals surface area contributed by atoms with E-state index in [2.05, 4.69) is 0 Å². The van der Waals surface area contributed by atoms with E-state index in [9.17, 15) is 36.6 Å². The Kier molecular flexibility index (Phi) is 7.34. The summed E-state index contributed by atoms with van der Waals surface area (Å²) >= 11 is 13.8. The fourth-order valence-corrected chi connectivity index (χ4v) is 5.17. The first-order valence-corrected chi connectivity index (χ1v) is 11.9. The van der Waals surface area contributed by atoms with Crippen molar-refractivity contribution < 1.29 is 36.6 Å². The van der Waals surface area contributed by atoms with Crippen molar-refractivity contribution in [1.29, 1.82) is 0 Å². The molecular weight excluding hydrogens is 561 g/mol. The topological polar surface area (TPSA) is 40.5 Å². The summed E-state index contributed by atoms with van der Waals surface area (Å²) < 4.78 is 81.2. The van der Waals surface area contributed by atoms with Gasteiger partial charge in [0.2, 0.25) is 0 Å². The van der Waals surface area contributed by atoms with Gasteiger partial charge >= 0.3 is 12.4 Å². The van der Waals surface area contributed by atoms with E-state index in [4.69, 9.17) is 23.2 Å². The van der Waals surface area contributed by atoms with Crippen LogP contribution >= 0.6 is 35.0 Å². The molecule has 0 aliphatic carbocycles. The molecule has 0 bridgehead atoms. The van der Waals surface area contributed by atoms with Crippen LogP contribution in [-0.2, 0) is 12.4 Å². The van der Waals surface area contributed by atoms with Crippen molar-refractivity contribution in [1.82, 2.24) is 0 Å². The van der Waals surface area contributed by atoms with Crippen LogP contribution in [0.5, 0.6) is 11.5 Å². The normalized spacial score (nSPS) is 12.1. The lowest BCUT2D eigenvalue weighted by atomic mass is 9.91. The van der Waals surface area contributed by atoms with Crippen LogP contribution in [-0.4, -0.2) is 10.2 Å². The Morgan fingerprint density at radius 2 is 1.27 bits per heavy atom. The Morgan fingerprint density at radius 3 is 1.84 bits per heavy atom. The molecule has 0 radical (unpaired) electrons. The van der Waals surface area contributed by atoms with Crippen molar-refractivity contribution in [2.24, 2.45) is 0 Å². The van der Waals surface area contributed by atoms with Gasteiger partial charge in [-0.05, 0) is 53.6 Å². The van der Waals surface area contributed by atoms with E-state index < -0.39 is 40.5 Å². The summed E-state index contributed by atoms with van der Waals surface area (Å²) in [5, 5.41) is 21.1. The van der Waals surface area contributed by atoms with Crippen molar-refractivity contribution in [2.75, 3.05) is 0 Å². The Labute approximate surface area is 221 Å². The number of phenols is 2. The molecule has 0 atom stereocenters. The minimum atomic E-state index is -5.09. The molecule has 0 unspecified atom stereocenters. The molecule has 0 heterocycles. The predicted molar refractivity (Wildman–Crippen MR) is 131 cm³/mol. The van der Waals surface area contributed by atoms with E-state index in [0.717, 1.165) is 23.9 Å². The number of hydrogen-bond donors (Lipinski definition) is 2. The van der Waals surface area contributed by atoms with Gasteiger partial charge in [-0.1, -0.05) is 59.2 Å². The zero-order chi connectivity index (χ0) is 27.1. The highest BCUT2D eigenvalue weighted by molar-refractivity contribution is 7.99. The van der Waals surface area contributed by atoms with Gasteiger partial charge in [0.25, 0.3) is 0 Å². The molecule has 0 saturated heterocycles. The Balaban J connectivity index is 2.04. The SMILES string of the molecule is Oc1cc(O)c(-c2ccc(Cl)c(Cl)c2Sc2ccccc2)c(-c2cc(C(F)(F)F)cc(C(F)(F)F)c2)c1. The third kappa shape index (κ3) is 5.79. The Morgan fingerprint density at radius 1 is 0.676 bits per heavy atom. The number of hydrogen-bond acceptors (Lipinski definition) is 3. The maximum absolute atomic E-state index is 13.5. The molecule has 0 aliphatic rings. The minimum absolute atomic E-state index is 0.00166. The second kappa shape index (κ2) is 10.0. The van der Waals surface area contributed by atoms with E-state index >= 15 is 0 Å². The minimum Gasteiger partial charge on any atom is -0.508 e. The first kappa shape index (κ1) is 27.0. The van der Waals surface area contributed by atoms with Crippen molar-refractivity contribution in [3.05, 3.63) is 94.0 Å². The van der Waals surface area contributed by atoms with Crippen LogP contribution in [0, 0.1) is 0 Å². The van der Waals surface area contributed by atoms with Crippen LogP contribution in [0.15, 0.2) is 82.6 Å². The summed E-state index contributed by atoms with van der Waals surface area (Å²) in [7, 11) is 0. The molecule has 0 aliphatic heterocycles. The standard InChI is InChI=1S/C26H14Cl2F6O2S/c27-20-7-6-18(24(23(20)28)37-17-4-2-1-3-5-17)22-19(11-16(35)12-21(22)36)13-8-14(25(29,30)31)10-15(9-13)26(32,33)34/h1-12,35-36H. The van der Waals surface area contributed by atoms with E-state index in [1.807, 2.05) is 0 Å². The van der Waals surface area contributed by atoms with Gasteiger partial charge in [0.1, 0.15) is 11.5 Å². The van der Waals surface area contributed by atoms with Gasteiger partial charge in [0.15, 0.2) is 0 Å². The first-order chi connectivity index (χ1) is 17.3. The van der Waals surface area contributed by atoms with Crippen LogP contribution < -0.4 is 0 Å². The largest absolute Gasteiger partial charge is 0.508 e. The van der Waals surface area contributed by atoms with Crippen LogP contribution in [0.3, 0.4) is 0 Å². The van der Waals surface area contributed by atoms with Gasteiger partial charge in [-0.2, -0.15) is 26.3 Å². The number of aromatic hydroxyl groups is 2. The highest BCUT2D eigenvalue weighted by atomic mass is 35.5. The zero-order valence-corrected chi connectivity index (χ0v) is 20.6. The van der Waals surface area contributed by atoms with Crippen LogP contribution in [0.2, 0.25) is 10.0 Å². The fourth-order valence-electron chi connectivity index (χ4n) is 3.67. The molecular formula is C26H14Cl2F6O2S. The summed E-state index contributed by atoms with van der Waals surface area (Å²) in [6.45, 7) is 0. The monoisotopic (exact) mass is 574 g/mol. The average molecular weight is 575 g/mol. The van der Waals surface area contributed by atoms with Crippen molar-refractivity contribution in [3.8, 4) is 33.8 Å². The van der Waals surface area contributed by atoms with Crippen LogP contribution in [0.25, 0.3) is 22.3 Å². The van der Waals surface area contributed by atoms with Gasteiger partial charge in [0, 0.05) is 27.0 Å².